The molecule has 6 heteroatoms. The molecule has 2 aliphatic rings. The molecule has 6 nitrogen and oxygen atoms in total. The predicted octanol–water partition coefficient (Wildman–Crippen LogP) is 1.96. The molecule has 3 rings (SSSR count). The average Bonchev–Trinajstić information content (AvgIpc) is 3.04. The molecule has 134 valence electrons. The second kappa shape index (κ2) is 7.66. The minimum atomic E-state index is -0.509. The van der Waals surface area contributed by atoms with Gasteiger partial charge in [-0.2, -0.15) is 0 Å². The van der Waals surface area contributed by atoms with E-state index >= 15 is 0 Å². The SMILES string of the molecule is CCOC(=O)[C@]1(Cc2cc([C@@H]3CCCNC3)no2)CCCN(C)C1. The van der Waals surface area contributed by atoms with Crippen LogP contribution in [0.5, 0.6) is 0 Å². The topological polar surface area (TPSA) is 67.6 Å². The lowest BCUT2D eigenvalue weighted by molar-refractivity contribution is -0.159. The van der Waals surface area contributed by atoms with E-state index in [2.05, 4.69) is 22.4 Å². The number of piperidine rings is 2. The van der Waals surface area contributed by atoms with E-state index in [9.17, 15) is 4.79 Å². The Morgan fingerprint density at radius 1 is 1.54 bits per heavy atom. The van der Waals surface area contributed by atoms with Gasteiger partial charge in [0.2, 0.25) is 0 Å². The molecule has 0 amide bonds. The molecular formula is C18H29N3O3. The predicted molar refractivity (Wildman–Crippen MR) is 90.8 cm³/mol. The van der Waals surface area contributed by atoms with Crippen molar-refractivity contribution in [3.63, 3.8) is 0 Å². The Morgan fingerprint density at radius 3 is 3.12 bits per heavy atom. The summed E-state index contributed by atoms with van der Waals surface area (Å²) in [6.45, 7) is 6.06. The number of hydrogen-bond acceptors (Lipinski definition) is 6. The lowest BCUT2D eigenvalue weighted by Crippen LogP contribution is -2.48. The van der Waals surface area contributed by atoms with Crippen LogP contribution in [0.4, 0.5) is 0 Å². The molecule has 0 aliphatic carbocycles. The summed E-state index contributed by atoms with van der Waals surface area (Å²) in [5, 5.41) is 7.69. The largest absolute Gasteiger partial charge is 0.466 e. The molecule has 2 saturated heterocycles. The average molecular weight is 335 g/mol. The molecule has 0 bridgehead atoms. The van der Waals surface area contributed by atoms with E-state index in [1.807, 2.05) is 13.0 Å². The van der Waals surface area contributed by atoms with Crippen molar-refractivity contribution in [1.82, 2.24) is 15.4 Å². The van der Waals surface area contributed by atoms with Crippen molar-refractivity contribution >= 4 is 5.97 Å². The van der Waals surface area contributed by atoms with Gasteiger partial charge >= 0.3 is 5.97 Å². The van der Waals surface area contributed by atoms with Crippen LogP contribution in [0.25, 0.3) is 0 Å². The van der Waals surface area contributed by atoms with Crippen molar-refractivity contribution in [1.29, 1.82) is 0 Å². The van der Waals surface area contributed by atoms with Crippen LogP contribution in [0.2, 0.25) is 0 Å². The summed E-state index contributed by atoms with van der Waals surface area (Å²) in [5.41, 5.74) is 0.505. The first-order valence-corrected chi connectivity index (χ1v) is 9.15. The van der Waals surface area contributed by atoms with Crippen LogP contribution < -0.4 is 5.32 Å². The minimum absolute atomic E-state index is 0.103. The van der Waals surface area contributed by atoms with Crippen molar-refractivity contribution in [2.75, 3.05) is 39.8 Å². The number of carbonyl (C=O) groups is 1. The maximum Gasteiger partial charge on any atom is 0.313 e. The van der Waals surface area contributed by atoms with Crippen molar-refractivity contribution in [2.24, 2.45) is 5.41 Å². The second-order valence-electron chi connectivity index (χ2n) is 7.28. The third-order valence-electron chi connectivity index (χ3n) is 5.28. The van der Waals surface area contributed by atoms with Crippen LogP contribution in [0, 0.1) is 5.41 Å². The molecule has 24 heavy (non-hydrogen) atoms. The third kappa shape index (κ3) is 3.81. The van der Waals surface area contributed by atoms with E-state index in [4.69, 9.17) is 9.26 Å². The van der Waals surface area contributed by atoms with Gasteiger partial charge in [0.05, 0.1) is 17.7 Å². The summed E-state index contributed by atoms with van der Waals surface area (Å²) in [7, 11) is 2.06. The van der Waals surface area contributed by atoms with Gasteiger partial charge < -0.3 is 19.5 Å². The molecule has 0 saturated carbocycles. The zero-order valence-corrected chi connectivity index (χ0v) is 14.8. The summed E-state index contributed by atoms with van der Waals surface area (Å²) in [4.78, 5) is 14.9. The Balaban J connectivity index is 1.75. The zero-order chi connectivity index (χ0) is 17.0. The fraction of sp³-hybridized carbons (Fsp3) is 0.778. The van der Waals surface area contributed by atoms with Crippen molar-refractivity contribution < 1.29 is 14.1 Å². The van der Waals surface area contributed by atoms with Gasteiger partial charge in [-0.15, -0.1) is 0 Å². The summed E-state index contributed by atoms with van der Waals surface area (Å²) in [5.74, 6) is 1.12. The molecule has 1 N–H and O–H groups in total. The van der Waals surface area contributed by atoms with Crippen LogP contribution in [0.3, 0.4) is 0 Å². The fourth-order valence-electron chi connectivity index (χ4n) is 4.07. The van der Waals surface area contributed by atoms with Gasteiger partial charge in [-0.1, -0.05) is 5.16 Å². The zero-order valence-electron chi connectivity index (χ0n) is 14.8. The molecular weight excluding hydrogens is 306 g/mol. The number of ether oxygens (including phenoxy) is 1. The Morgan fingerprint density at radius 2 is 2.42 bits per heavy atom. The summed E-state index contributed by atoms with van der Waals surface area (Å²) in [6, 6.07) is 2.05. The van der Waals surface area contributed by atoms with Gasteiger partial charge in [-0.05, 0) is 52.7 Å². The molecule has 0 unspecified atom stereocenters. The molecule has 0 radical (unpaired) electrons. The summed E-state index contributed by atoms with van der Waals surface area (Å²) >= 11 is 0. The quantitative estimate of drug-likeness (QED) is 0.830. The number of likely N-dealkylation sites (tertiary alicyclic amines) is 1. The lowest BCUT2D eigenvalue weighted by atomic mass is 9.76. The maximum absolute atomic E-state index is 12.7. The molecule has 0 aromatic carbocycles. The van der Waals surface area contributed by atoms with Crippen LogP contribution >= 0.6 is 0 Å². The second-order valence-corrected chi connectivity index (χ2v) is 7.28. The number of aromatic nitrogens is 1. The number of nitrogens with one attached hydrogen (secondary N) is 1. The van der Waals surface area contributed by atoms with Crippen molar-refractivity contribution in [3.8, 4) is 0 Å². The highest BCUT2D eigenvalue weighted by molar-refractivity contribution is 5.77. The first-order chi connectivity index (χ1) is 11.6. The van der Waals surface area contributed by atoms with Gasteiger partial charge in [-0.25, -0.2) is 0 Å². The van der Waals surface area contributed by atoms with Gasteiger partial charge in [0, 0.05) is 31.5 Å². The van der Waals surface area contributed by atoms with E-state index in [0.717, 1.165) is 50.4 Å². The van der Waals surface area contributed by atoms with Crippen molar-refractivity contribution in [2.45, 2.75) is 44.9 Å². The lowest BCUT2D eigenvalue weighted by Gasteiger charge is -2.38. The first-order valence-electron chi connectivity index (χ1n) is 9.15. The van der Waals surface area contributed by atoms with Gasteiger partial charge in [0.15, 0.2) is 0 Å². The number of hydrogen-bond donors (Lipinski definition) is 1. The normalized spacial score (nSPS) is 28.7. The van der Waals surface area contributed by atoms with Crippen LogP contribution in [-0.2, 0) is 16.0 Å². The number of esters is 1. The Bertz CT molecular complexity index is 553. The van der Waals surface area contributed by atoms with Gasteiger partial charge in [0.1, 0.15) is 5.76 Å². The van der Waals surface area contributed by atoms with E-state index < -0.39 is 5.41 Å². The van der Waals surface area contributed by atoms with E-state index in [1.54, 1.807) is 0 Å². The van der Waals surface area contributed by atoms with E-state index in [1.165, 1.54) is 6.42 Å². The molecule has 2 atom stereocenters. The molecule has 1 aromatic rings. The fourth-order valence-corrected chi connectivity index (χ4v) is 4.07. The molecule has 0 spiro atoms. The Kier molecular flexibility index (Phi) is 5.56. The van der Waals surface area contributed by atoms with Crippen LogP contribution in [0.1, 0.15) is 50.0 Å². The first kappa shape index (κ1) is 17.4. The third-order valence-corrected chi connectivity index (χ3v) is 5.28. The highest BCUT2D eigenvalue weighted by atomic mass is 16.5. The van der Waals surface area contributed by atoms with Crippen molar-refractivity contribution in [3.05, 3.63) is 17.5 Å². The standard InChI is InChI=1S/C18H29N3O3/c1-3-23-17(22)18(7-5-9-21(2)13-18)11-15-10-16(20-24-15)14-6-4-8-19-12-14/h10,14,19H,3-9,11-13H2,1-2H3/t14-,18+/m1/s1. The van der Waals surface area contributed by atoms with E-state index in [0.29, 0.717) is 25.5 Å². The Labute approximate surface area is 143 Å². The molecule has 1 aromatic heterocycles. The highest BCUT2D eigenvalue weighted by Crippen LogP contribution is 2.35. The maximum atomic E-state index is 12.7. The summed E-state index contributed by atoms with van der Waals surface area (Å²) < 4.78 is 11.0. The Hall–Kier alpha value is -1.40. The number of carbonyl (C=O) groups excluding carboxylic acids is 1. The van der Waals surface area contributed by atoms with E-state index in [-0.39, 0.29) is 5.97 Å². The molecule has 3 heterocycles. The minimum Gasteiger partial charge on any atom is -0.466 e. The highest BCUT2D eigenvalue weighted by Gasteiger charge is 2.44. The smallest absolute Gasteiger partial charge is 0.313 e. The van der Waals surface area contributed by atoms with Crippen LogP contribution in [0.15, 0.2) is 10.6 Å². The monoisotopic (exact) mass is 335 g/mol. The van der Waals surface area contributed by atoms with Gasteiger partial charge in [0.25, 0.3) is 0 Å². The summed E-state index contributed by atoms with van der Waals surface area (Å²) in [6.07, 6.45) is 4.73. The number of rotatable bonds is 5. The number of nitrogens with zero attached hydrogens (tertiary/aromatic N) is 2. The van der Waals surface area contributed by atoms with Gasteiger partial charge in [-0.3, -0.25) is 4.79 Å². The molecule has 2 aliphatic heterocycles. The molecule has 2 fully saturated rings. The van der Waals surface area contributed by atoms with Crippen LogP contribution in [-0.4, -0.2) is 55.9 Å².